The summed E-state index contributed by atoms with van der Waals surface area (Å²) >= 11 is 0. The molecule has 90 valence electrons. The van der Waals surface area contributed by atoms with E-state index in [2.05, 4.69) is 56.9 Å². The van der Waals surface area contributed by atoms with Crippen molar-refractivity contribution in [2.24, 2.45) is 0 Å². The van der Waals surface area contributed by atoms with Gasteiger partial charge >= 0.3 is 0 Å². The number of likely N-dealkylation sites (N-methyl/N-ethyl adjacent to an activating group) is 1. The highest BCUT2D eigenvalue weighted by atomic mass is 15.3. The van der Waals surface area contributed by atoms with Crippen LogP contribution in [0, 0.1) is 0 Å². The minimum atomic E-state index is 0.239. The third kappa shape index (κ3) is 4.09. The van der Waals surface area contributed by atoms with Crippen molar-refractivity contribution in [2.45, 2.75) is 45.3 Å². The minimum absolute atomic E-state index is 0.239. The van der Waals surface area contributed by atoms with Crippen LogP contribution in [0.4, 0.5) is 0 Å². The molecule has 0 spiro atoms. The van der Waals surface area contributed by atoms with Crippen LogP contribution in [0.15, 0.2) is 0 Å². The molecule has 0 amide bonds. The summed E-state index contributed by atoms with van der Waals surface area (Å²) in [4.78, 5) is 4.84. The predicted octanol–water partition coefficient (Wildman–Crippen LogP) is 1.01. The second-order valence-corrected chi connectivity index (χ2v) is 6.01. The van der Waals surface area contributed by atoms with Gasteiger partial charge in [-0.05, 0) is 41.8 Å². The molecule has 1 aliphatic heterocycles. The molecule has 1 saturated heterocycles. The Labute approximate surface area is 94.8 Å². The average molecular weight is 213 g/mol. The third-order valence-electron chi connectivity index (χ3n) is 2.96. The highest BCUT2D eigenvalue weighted by molar-refractivity contribution is 4.94. The summed E-state index contributed by atoms with van der Waals surface area (Å²) < 4.78 is 0. The molecule has 1 fully saturated rings. The monoisotopic (exact) mass is 213 g/mol. The Kier molecular flexibility index (Phi) is 4.15. The zero-order valence-electron chi connectivity index (χ0n) is 11.2. The molecule has 0 radical (unpaired) electrons. The van der Waals surface area contributed by atoms with Crippen LogP contribution in [0.3, 0.4) is 0 Å². The molecule has 15 heavy (non-hydrogen) atoms. The fourth-order valence-corrected chi connectivity index (χ4v) is 2.44. The molecule has 1 rings (SSSR count). The summed E-state index contributed by atoms with van der Waals surface area (Å²) in [6.45, 7) is 12.6. The van der Waals surface area contributed by atoms with Crippen LogP contribution >= 0.6 is 0 Å². The maximum absolute atomic E-state index is 3.73. The molecule has 0 aromatic carbocycles. The summed E-state index contributed by atoms with van der Waals surface area (Å²) in [7, 11) is 4.28. The van der Waals surface area contributed by atoms with Crippen molar-refractivity contribution in [1.29, 1.82) is 0 Å². The molecule has 0 aliphatic carbocycles. The maximum atomic E-state index is 3.73. The Morgan fingerprint density at radius 1 is 1.40 bits per heavy atom. The molecule has 1 atom stereocenters. The van der Waals surface area contributed by atoms with Gasteiger partial charge in [0.15, 0.2) is 0 Å². The first kappa shape index (κ1) is 12.9. The smallest absolute Gasteiger partial charge is 0.0327 e. The van der Waals surface area contributed by atoms with Crippen LogP contribution in [-0.2, 0) is 0 Å². The fourth-order valence-electron chi connectivity index (χ4n) is 2.44. The Morgan fingerprint density at radius 2 is 2.00 bits per heavy atom. The quantitative estimate of drug-likeness (QED) is 0.755. The van der Waals surface area contributed by atoms with Gasteiger partial charge in [0.2, 0.25) is 0 Å². The minimum Gasteiger partial charge on any atom is -0.308 e. The van der Waals surface area contributed by atoms with Gasteiger partial charge in [0.1, 0.15) is 0 Å². The lowest BCUT2D eigenvalue weighted by Gasteiger charge is -2.46. The van der Waals surface area contributed by atoms with Crippen molar-refractivity contribution in [2.75, 3.05) is 33.7 Å². The molecule has 1 aliphatic rings. The SMILES string of the molecule is CC(C)N1CC(CN(C)C)NC(C)(C)C1. The summed E-state index contributed by atoms with van der Waals surface area (Å²) in [6.07, 6.45) is 0. The predicted molar refractivity (Wildman–Crippen MR) is 66.3 cm³/mol. The largest absolute Gasteiger partial charge is 0.308 e. The molecule has 0 bridgehead atoms. The Morgan fingerprint density at radius 3 is 2.47 bits per heavy atom. The van der Waals surface area contributed by atoms with Gasteiger partial charge in [0.25, 0.3) is 0 Å². The van der Waals surface area contributed by atoms with Crippen LogP contribution < -0.4 is 5.32 Å². The summed E-state index contributed by atoms with van der Waals surface area (Å²) in [6, 6.07) is 1.24. The second kappa shape index (κ2) is 4.81. The molecular formula is C12H27N3. The molecule has 1 heterocycles. The van der Waals surface area contributed by atoms with Crippen LogP contribution in [-0.4, -0.2) is 61.2 Å². The van der Waals surface area contributed by atoms with Gasteiger partial charge in [-0.2, -0.15) is 0 Å². The van der Waals surface area contributed by atoms with Crippen molar-refractivity contribution in [3.63, 3.8) is 0 Å². The number of nitrogens with zero attached hydrogens (tertiary/aromatic N) is 2. The zero-order chi connectivity index (χ0) is 11.6. The molecule has 3 nitrogen and oxygen atoms in total. The summed E-state index contributed by atoms with van der Waals surface area (Å²) in [5.74, 6) is 0. The van der Waals surface area contributed by atoms with E-state index >= 15 is 0 Å². The molecule has 0 saturated carbocycles. The van der Waals surface area contributed by atoms with Gasteiger partial charge in [-0.25, -0.2) is 0 Å². The van der Waals surface area contributed by atoms with E-state index in [9.17, 15) is 0 Å². The van der Waals surface area contributed by atoms with E-state index in [4.69, 9.17) is 0 Å². The zero-order valence-corrected chi connectivity index (χ0v) is 11.2. The van der Waals surface area contributed by atoms with Crippen molar-refractivity contribution in [3.8, 4) is 0 Å². The van der Waals surface area contributed by atoms with Crippen LogP contribution in [0.25, 0.3) is 0 Å². The lowest BCUT2D eigenvalue weighted by atomic mass is 9.97. The lowest BCUT2D eigenvalue weighted by molar-refractivity contribution is 0.0811. The number of nitrogens with one attached hydrogen (secondary N) is 1. The van der Waals surface area contributed by atoms with Crippen LogP contribution in [0.1, 0.15) is 27.7 Å². The van der Waals surface area contributed by atoms with Crippen molar-refractivity contribution < 1.29 is 0 Å². The van der Waals surface area contributed by atoms with Gasteiger partial charge in [-0.15, -0.1) is 0 Å². The van der Waals surface area contributed by atoms with E-state index in [0.29, 0.717) is 12.1 Å². The molecule has 3 heteroatoms. The Hall–Kier alpha value is -0.120. The van der Waals surface area contributed by atoms with E-state index < -0.39 is 0 Å². The van der Waals surface area contributed by atoms with Gasteiger partial charge in [0.05, 0.1) is 0 Å². The maximum Gasteiger partial charge on any atom is 0.0327 e. The average Bonchev–Trinajstić information content (AvgIpc) is 1.98. The number of hydrogen-bond donors (Lipinski definition) is 1. The summed E-state index contributed by atoms with van der Waals surface area (Å²) in [5.41, 5.74) is 0.239. The van der Waals surface area contributed by atoms with E-state index in [1.54, 1.807) is 0 Å². The Bertz CT molecular complexity index is 199. The fraction of sp³-hybridized carbons (Fsp3) is 1.00. The second-order valence-electron chi connectivity index (χ2n) is 6.01. The lowest BCUT2D eigenvalue weighted by Crippen LogP contribution is -2.65. The molecule has 0 aromatic heterocycles. The summed E-state index contributed by atoms with van der Waals surface area (Å²) in [5, 5.41) is 3.73. The van der Waals surface area contributed by atoms with Gasteiger partial charge in [0, 0.05) is 37.3 Å². The van der Waals surface area contributed by atoms with Gasteiger partial charge in [-0.1, -0.05) is 0 Å². The number of piperazine rings is 1. The highest BCUT2D eigenvalue weighted by Crippen LogP contribution is 2.16. The standard InChI is InChI=1S/C12H27N3/c1-10(2)15-8-11(7-14(5)6)13-12(3,4)9-15/h10-11,13H,7-9H2,1-6H3. The first-order valence-corrected chi connectivity index (χ1v) is 5.96. The first-order valence-electron chi connectivity index (χ1n) is 5.96. The molecule has 1 unspecified atom stereocenters. The third-order valence-corrected chi connectivity index (χ3v) is 2.96. The van der Waals surface area contributed by atoms with E-state index in [-0.39, 0.29) is 5.54 Å². The van der Waals surface area contributed by atoms with E-state index in [0.717, 1.165) is 13.1 Å². The molecule has 1 N–H and O–H groups in total. The van der Waals surface area contributed by atoms with Gasteiger partial charge < -0.3 is 10.2 Å². The van der Waals surface area contributed by atoms with Crippen LogP contribution in [0.5, 0.6) is 0 Å². The highest BCUT2D eigenvalue weighted by Gasteiger charge is 2.32. The van der Waals surface area contributed by atoms with Crippen LogP contribution in [0.2, 0.25) is 0 Å². The molecule has 0 aromatic rings. The van der Waals surface area contributed by atoms with Gasteiger partial charge in [-0.3, -0.25) is 4.90 Å². The Balaban J connectivity index is 2.59. The van der Waals surface area contributed by atoms with E-state index in [1.807, 2.05) is 0 Å². The number of hydrogen-bond acceptors (Lipinski definition) is 3. The first-order chi connectivity index (χ1) is 6.80. The van der Waals surface area contributed by atoms with Crippen molar-refractivity contribution >= 4 is 0 Å². The molecular weight excluding hydrogens is 186 g/mol. The normalized spacial score (nSPS) is 27.6. The van der Waals surface area contributed by atoms with Crippen molar-refractivity contribution in [1.82, 2.24) is 15.1 Å². The van der Waals surface area contributed by atoms with E-state index in [1.165, 1.54) is 6.54 Å². The number of rotatable bonds is 3. The topological polar surface area (TPSA) is 18.5 Å². The van der Waals surface area contributed by atoms with Crippen molar-refractivity contribution in [3.05, 3.63) is 0 Å².